The van der Waals surface area contributed by atoms with Crippen LogP contribution < -0.4 is 5.32 Å². The molecular weight excluding hydrogens is 344 g/mol. The van der Waals surface area contributed by atoms with Gasteiger partial charge in [-0.2, -0.15) is 9.40 Å². The van der Waals surface area contributed by atoms with Crippen molar-refractivity contribution in [2.75, 3.05) is 12.8 Å². The topological polar surface area (TPSA) is 102 Å². The fraction of sp³-hybridized carbons (Fsp3) is 0.533. The predicted octanol–water partition coefficient (Wildman–Crippen LogP) is 0.0406. The molecule has 1 N–H and O–H groups in total. The minimum Gasteiger partial charge on any atom is -0.349 e. The molecule has 1 aliphatic heterocycles. The molecule has 0 aliphatic carbocycles. The van der Waals surface area contributed by atoms with Crippen molar-refractivity contribution in [1.29, 1.82) is 0 Å². The zero-order valence-corrected chi connectivity index (χ0v) is 15.3. The molecule has 1 amide bonds. The van der Waals surface area contributed by atoms with E-state index in [0.29, 0.717) is 31.9 Å². The number of rotatable bonds is 5. The number of sulfonamides is 1. The second-order valence-corrected chi connectivity index (χ2v) is 8.20. The second-order valence-electron chi connectivity index (χ2n) is 6.22. The average molecular weight is 366 g/mol. The number of aromatic nitrogens is 4. The van der Waals surface area contributed by atoms with Crippen molar-refractivity contribution in [3.8, 4) is 0 Å². The van der Waals surface area contributed by atoms with E-state index in [4.69, 9.17) is 0 Å². The maximum absolute atomic E-state index is 12.3. The molecule has 0 bridgehead atoms. The van der Waals surface area contributed by atoms with E-state index in [2.05, 4.69) is 15.4 Å². The zero-order chi connectivity index (χ0) is 18.2. The van der Waals surface area contributed by atoms with E-state index in [1.807, 2.05) is 19.9 Å². The molecule has 2 aromatic rings. The van der Waals surface area contributed by atoms with E-state index in [1.165, 1.54) is 10.6 Å². The Hall–Kier alpha value is -2.20. The number of fused-ring (bicyclic) bond motifs is 1. The summed E-state index contributed by atoms with van der Waals surface area (Å²) in [5.41, 5.74) is 1.55. The lowest BCUT2D eigenvalue weighted by Crippen LogP contribution is -2.37. The highest BCUT2D eigenvalue weighted by Crippen LogP contribution is 2.16. The van der Waals surface area contributed by atoms with Gasteiger partial charge in [-0.05, 0) is 19.9 Å². The highest BCUT2D eigenvalue weighted by Gasteiger charge is 2.24. The summed E-state index contributed by atoms with van der Waals surface area (Å²) in [4.78, 5) is 16.4. The smallest absolute Gasteiger partial charge is 0.243 e. The third-order valence-corrected chi connectivity index (χ3v) is 5.63. The Morgan fingerprint density at radius 2 is 2.16 bits per heavy atom. The third-order valence-electron chi connectivity index (χ3n) is 4.39. The molecule has 0 saturated carbocycles. The van der Waals surface area contributed by atoms with Crippen molar-refractivity contribution in [2.45, 2.75) is 39.5 Å². The molecule has 3 heterocycles. The molecule has 10 heteroatoms. The Kier molecular flexibility index (Phi) is 4.65. The van der Waals surface area contributed by atoms with Gasteiger partial charge in [0.1, 0.15) is 11.9 Å². The number of hydrogen-bond donors (Lipinski definition) is 1. The van der Waals surface area contributed by atoms with Gasteiger partial charge in [0.2, 0.25) is 15.9 Å². The van der Waals surface area contributed by atoms with Gasteiger partial charge in [-0.15, -0.1) is 0 Å². The van der Waals surface area contributed by atoms with Crippen LogP contribution in [0.3, 0.4) is 0 Å². The Morgan fingerprint density at radius 1 is 1.40 bits per heavy atom. The van der Waals surface area contributed by atoms with E-state index in [0.717, 1.165) is 11.5 Å². The van der Waals surface area contributed by atoms with E-state index in [1.54, 1.807) is 21.6 Å². The molecule has 136 valence electrons. The van der Waals surface area contributed by atoms with Crippen LogP contribution in [0, 0.1) is 6.92 Å². The fourth-order valence-corrected chi connectivity index (χ4v) is 3.70. The first kappa shape index (κ1) is 17.6. The van der Waals surface area contributed by atoms with Gasteiger partial charge in [-0.1, -0.05) is 0 Å². The Labute approximate surface area is 146 Å². The zero-order valence-electron chi connectivity index (χ0n) is 14.5. The van der Waals surface area contributed by atoms with Gasteiger partial charge in [0.15, 0.2) is 0 Å². The summed E-state index contributed by atoms with van der Waals surface area (Å²) in [5, 5.41) is 7.31. The fourth-order valence-electron chi connectivity index (χ4n) is 2.92. The van der Waals surface area contributed by atoms with Crippen molar-refractivity contribution < 1.29 is 13.2 Å². The molecule has 1 atom stereocenters. The molecule has 0 fully saturated rings. The lowest BCUT2D eigenvalue weighted by Gasteiger charge is -2.25. The molecule has 0 aromatic carbocycles. The standard InChI is InChI=1S/C15H22N6O3S/c1-11(20-5-4-16-12(20)2)15(22)17-9-13-8-14-10-19(25(3,23)24)6-7-21(14)18-13/h4-5,8,11H,6-7,9-10H2,1-3H3,(H,17,22)/t11-/m0/s1. The van der Waals surface area contributed by atoms with Crippen LogP contribution in [0.15, 0.2) is 18.5 Å². The van der Waals surface area contributed by atoms with E-state index in [-0.39, 0.29) is 11.9 Å². The summed E-state index contributed by atoms with van der Waals surface area (Å²) in [7, 11) is -3.21. The van der Waals surface area contributed by atoms with E-state index >= 15 is 0 Å². The number of hydrogen-bond acceptors (Lipinski definition) is 5. The van der Waals surface area contributed by atoms with Crippen molar-refractivity contribution in [1.82, 2.24) is 29.0 Å². The number of nitrogens with one attached hydrogen (secondary N) is 1. The van der Waals surface area contributed by atoms with Gasteiger partial charge in [-0.25, -0.2) is 13.4 Å². The van der Waals surface area contributed by atoms with Gasteiger partial charge in [0.25, 0.3) is 0 Å². The number of carbonyl (C=O) groups excluding carboxylic acids is 1. The molecule has 9 nitrogen and oxygen atoms in total. The molecule has 1 aliphatic rings. The lowest BCUT2D eigenvalue weighted by atomic mass is 10.3. The van der Waals surface area contributed by atoms with Crippen molar-refractivity contribution in [3.05, 3.63) is 35.7 Å². The predicted molar refractivity (Wildman–Crippen MR) is 91.0 cm³/mol. The maximum atomic E-state index is 12.3. The van der Waals surface area contributed by atoms with Crippen molar-refractivity contribution in [2.24, 2.45) is 0 Å². The first-order chi connectivity index (χ1) is 11.8. The highest BCUT2D eigenvalue weighted by molar-refractivity contribution is 7.88. The Morgan fingerprint density at radius 3 is 2.80 bits per heavy atom. The van der Waals surface area contributed by atoms with Crippen LogP contribution in [0.2, 0.25) is 0 Å². The van der Waals surface area contributed by atoms with Gasteiger partial charge in [-0.3, -0.25) is 9.48 Å². The molecule has 0 saturated heterocycles. The van der Waals surface area contributed by atoms with Crippen LogP contribution in [-0.4, -0.2) is 50.8 Å². The average Bonchev–Trinajstić information content (AvgIpc) is 3.15. The minimum absolute atomic E-state index is 0.121. The maximum Gasteiger partial charge on any atom is 0.243 e. The summed E-state index contributed by atoms with van der Waals surface area (Å²) < 4.78 is 28.4. The van der Waals surface area contributed by atoms with Crippen molar-refractivity contribution >= 4 is 15.9 Å². The van der Waals surface area contributed by atoms with Crippen LogP contribution in [0.4, 0.5) is 0 Å². The monoisotopic (exact) mass is 366 g/mol. The summed E-state index contributed by atoms with van der Waals surface area (Å²) >= 11 is 0. The van der Waals surface area contributed by atoms with E-state index in [9.17, 15) is 13.2 Å². The molecule has 25 heavy (non-hydrogen) atoms. The van der Waals surface area contributed by atoms with Gasteiger partial charge < -0.3 is 9.88 Å². The molecule has 2 aromatic heterocycles. The molecule has 0 radical (unpaired) electrons. The third kappa shape index (κ3) is 3.74. The van der Waals surface area contributed by atoms with Crippen LogP contribution in [0.25, 0.3) is 0 Å². The SMILES string of the molecule is Cc1nccn1[C@@H](C)C(=O)NCc1cc2n(n1)CCN(S(C)(=O)=O)C2. The molecular formula is C15H22N6O3S. The quantitative estimate of drug-likeness (QED) is 0.805. The second kappa shape index (κ2) is 6.60. The lowest BCUT2D eigenvalue weighted by molar-refractivity contribution is -0.124. The van der Waals surface area contributed by atoms with Gasteiger partial charge in [0, 0.05) is 18.9 Å². The Balaban J connectivity index is 1.63. The van der Waals surface area contributed by atoms with Crippen LogP contribution in [0.5, 0.6) is 0 Å². The number of imidazole rings is 1. The van der Waals surface area contributed by atoms with Crippen molar-refractivity contribution in [3.63, 3.8) is 0 Å². The number of aryl methyl sites for hydroxylation is 1. The first-order valence-corrected chi connectivity index (χ1v) is 9.88. The Bertz CT molecular complexity index is 885. The normalized spacial score (nSPS) is 16.4. The van der Waals surface area contributed by atoms with Crippen LogP contribution >= 0.6 is 0 Å². The molecule has 0 unspecified atom stereocenters. The number of carbonyl (C=O) groups is 1. The van der Waals surface area contributed by atoms with Gasteiger partial charge >= 0.3 is 0 Å². The van der Waals surface area contributed by atoms with Crippen LogP contribution in [0.1, 0.15) is 30.2 Å². The number of nitrogens with zero attached hydrogens (tertiary/aromatic N) is 5. The first-order valence-electron chi connectivity index (χ1n) is 8.03. The summed E-state index contributed by atoms with van der Waals surface area (Å²) in [6.07, 6.45) is 4.64. The summed E-state index contributed by atoms with van der Waals surface area (Å²) in [6.45, 7) is 5.20. The van der Waals surface area contributed by atoms with Gasteiger partial charge in [0.05, 0.1) is 37.3 Å². The van der Waals surface area contributed by atoms with Crippen LogP contribution in [-0.2, 0) is 34.5 Å². The summed E-state index contributed by atoms with van der Waals surface area (Å²) in [6, 6.07) is 1.48. The summed E-state index contributed by atoms with van der Waals surface area (Å²) in [5.74, 6) is 0.658. The minimum atomic E-state index is -3.21. The highest BCUT2D eigenvalue weighted by atomic mass is 32.2. The van der Waals surface area contributed by atoms with E-state index < -0.39 is 10.0 Å². The molecule has 3 rings (SSSR count). The largest absolute Gasteiger partial charge is 0.349 e. The molecule has 0 spiro atoms. The number of amides is 1.